The van der Waals surface area contributed by atoms with E-state index in [2.05, 4.69) is 0 Å². The van der Waals surface area contributed by atoms with Gasteiger partial charge in [0.05, 0.1) is 5.56 Å². The number of rotatable bonds is 2. The van der Waals surface area contributed by atoms with Crippen LogP contribution in [0.15, 0.2) is 36.4 Å². The Labute approximate surface area is 103 Å². The molecule has 0 aliphatic heterocycles. The van der Waals surface area contributed by atoms with Gasteiger partial charge in [0.15, 0.2) is 11.6 Å². The maximum absolute atomic E-state index is 13.5. The molecule has 0 fully saturated rings. The van der Waals surface area contributed by atoms with Crippen molar-refractivity contribution in [3.8, 4) is 17.6 Å². The van der Waals surface area contributed by atoms with Gasteiger partial charge in [0.1, 0.15) is 17.6 Å². The molecule has 0 unspecified atom stereocenters. The maximum Gasteiger partial charge on any atom is 0.168 e. The smallest absolute Gasteiger partial charge is 0.168 e. The van der Waals surface area contributed by atoms with Gasteiger partial charge in [-0.25, -0.2) is 8.78 Å². The summed E-state index contributed by atoms with van der Waals surface area (Å²) in [5, 5.41) is 8.95. The van der Waals surface area contributed by atoms with Gasteiger partial charge >= 0.3 is 0 Å². The Balaban J connectivity index is 2.43. The van der Waals surface area contributed by atoms with Gasteiger partial charge in [-0.15, -0.1) is 0 Å². The quantitative estimate of drug-likeness (QED) is 0.802. The van der Waals surface area contributed by atoms with Crippen LogP contribution in [0.3, 0.4) is 0 Å². The molecule has 0 spiro atoms. The predicted molar refractivity (Wildman–Crippen MR) is 62.3 cm³/mol. The highest BCUT2D eigenvalue weighted by molar-refractivity contribution is 5.50. The molecule has 90 valence electrons. The van der Waals surface area contributed by atoms with E-state index in [-0.39, 0.29) is 11.5 Å². The highest BCUT2D eigenvalue weighted by Crippen LogP contribution is 2.30. The van der Waals surface area contributed by atoms with Gasteiger partial charge in [-0.3, -0.25) is 0 Å². The molecule has 0 saturated heterocycles. The fourth-order valence-electron chi connectivity index (χ4n) is 1.54. The second-order valence-electron chi connectivity index (χ2n) is 3.74. The summed E-state index contributed by atoms with van der Waals surface area (Å²) in [4.78, 5) is 0. The first kappa shape index (κ1) is 12.1. The minimum absolute atomic E-state index is 0.109. The Hall–Kier alpha value is -2.41. The van der Waals surface area contributed by atoms with E-state index in [1.807, 2.05) is 6.07 Å². The lowest BCUT2D eigenvalue weighted by molar-refractivity contribution is 0.434. The van der Waals surface area contributed by atoms with Gasteiger partial charge in [0.25, 0.3) is 0 Å². The topological polar surface area (TPSA) is 33.0 Å². The molecule has 0 bridgehead atoms. The van der Waals surface area contributed by atoms with Crippen LogP contribution in [0, 0.1) is 29.9 Å². The third-order valence-corrected chi connectivity index (χ3v) is 2.44. The van der Waals surface area contributed by atoms with Gasteiger partial charge < -0.3 is 4.74 Å². The van der Waals surface area contributed by atoms with E-state index in [9.17, 15) is 8.78 Å². The van der Waals surface area contributed by atoms with Crippen LogP contribution < -0.4 is 4.74 Å². The van der Waals surface area contributed by atoms with Crippen molar-refractivity contribution in [3.63, 3.8) is 0 Å². The van der Waals surface area contributed by atoms with Crippen molar-refractivity contribution in [2.75, 3.05) is 0 Å². The number of halogens is 2. The van der Waals surface area contributed by atoms with Gasteiger partial charge in [-0.05, 0) is 30.7 Å². The van der Waals surface area contributed by atoms with Gasteiger partial charge in [-0.2, -0.15) is 5.26 Å². The standard InChI is InChI=1S/C14H9F2NO/c1-9-3-2-4-10(8-17)14(9)18-13-6-5-11(15)7-12(13)16/h2-7H,1H3. The van der Waals surface area contributed by atoms with Crippen LogP contribution in [0.1, 0.15) is 11.1 Å². The average Bonchev–Trinajstić information content (AvgIpc) is 2.34. The van der Waals surface area contributed by atoms with E-state index in [1.54, 1.807) is 25.1 Å². The summed E-state index contributed by atoms with van der Waals surface area (Å²) in [7, 11) is 0. The van der Waals surface area contributed by atoms with E-state index in [0.29, 0.717) is 11.1 Å². The number of ether oxygens (including phenoxy) is 1. The van der Waals surface area contributed by atoms with Crippen molar-refractivity contribution in [2.24, 2.45) is 0 Å². The molecule has 0 amide bonds. The Morgan fingerprint density at radius 1 is 1.17 bits per heavy atom. The molecule has 0 aromatic heterocycles. The lowest BCUT2D eigenvalue weighted by Crippen LogP contribution is -1.94. The van der Waals surface area contributed by atoms with Crippen LogP contribution in [-0.2, 0) is 0 Å². The minimum Gasteiger partial charge on any atom is -0.453 e. The van der Waals surface area contributed by atoms with E-state index in [1.165, 1.54) is 6.07 Å². The largest absolute Gasteiger partial charge is 0.453 e. The number of hydrogen-bond donors (Lipinski definition) is 0. The maximum atomic E-state index is 13.5. The highest BCUT2D eigenvalue weighted by atomic mass is 19.1. The molecule has 0 aliphatic carbocycles. The molecule has 2 aromatic rings. The summed E-state index contributed by atoms with van der Waals surface area (Å²) < 4.78 is 31.6. The SMILES string of the molecule is Cc1cccc(C#N)c1Oc1ccc(F)cc1F. The zero-order chi connectivity index (χ0) is 13.1. The number of benzene rings is 2. The molecule has 0 atom stereocenters. The van der Waals surface area contributed by atoms with Crippen molar-refractivity contribution in [1.82, 2.24) is 0 Å². The lowest BCUT2D eigenvalue weighted by atomic mass is 10.1. The number of nitrogens with zero attached hydrogens (tertiary/aromatic N) is 1. The Morgan fingerprint density at radius 2 is 1.94 bits per heavy atom. The summed E-state index contributed by atoms with van der Waals surface area (Å²) in [5.41, 5.74) is 1.01. The lowest BCUT2D eigenvalue weighted by Gasteiger charge is -2.10. The Morgan fingerprint density at radius 3 is 2.61 bits per heavy atom. The zero-order valence-electron chi connectivity index (χ0n) is 9.58. The number of aryl methyl sites for hydroxylation is 1. The van der Waals surface area contributed by atoms with E-state index in [0.717, 1.165) is 12.1 Å². The summed E-state index contributed by atoms with van der Waals surface area (Å²) in [6.07, 6.45) is 0. The Kier molecular flexibility index (Phi) is 3.24. The molecule has 0 N–H and O–H groups in total. The van der Waals surface area contributed by atoms with Gasteiger partial charge in [0.2, 0.25) is 0 Å². The molecular weight excluding hydrogens is 236 g/mol. The van der Waals surface area contributed by atoms with Gasteiger partial charge in [-0.1, -0.05) is 12.1 Å². The molecule has 0 heterocycles. The molecule has 2 rings (SSSR count). The fraction of sp³-hybridized carbons (Fsp3) is 0.0714. The summed E-state index contributed by atoms with van der Waals surface area (Å²) >= 11 is 0. The average molecular weight is 245 g/mol. The first-order valence-corrected chi connectivity index (χ1v) is 5.24. The van der Waals surface area contributed by atoms with Crippen molar-refractivity contribution in [1.29, 1.82) is 5.26 Å². The molecule has 0 saturated carbocycles. The molecule has 2 nitrogen and oxygen atoms in total. The predicted octanol–water partition coefficient (Wildman–Crippen LogP) is 3.94. The molecule has 2 aromatic carbocycles. The summed E-state index contributed by atoms with van der Waals surface area (Å²) in [5.74, 6) is -1.31. The first-order chi connectivity index (χ1) is 8.61. The third kappa shape index (κ3) is 2.30. The highest BCUT2D eigenvalue weighted by Gasteiger charge is 2.11. The van der Waals surface area contributed by atoms with Crippen molar-refractivity contribution < 1.29 is 13.5 Å². The zero-order valence-corrected chi connectivity index (χ0v) is 9.58. The minimum atomic E-state index is -0.804. The van der Waals surface area contributed by atoms with Crippen LogP contribution in [-0.4, -0.2) is 0 Å². The van der Waals surface area contributed by atoms with E-state index < -0.39 is 11.6 Å². The second kappa shape index (κ2) is 4.84. The van der Waals surface area contributed by atoms with E-state index >= 15 is 0 Å². The van der Waals surface area contributed by atoms with Crippen LogP contribution in [0.2, 0.25) is 0 Å². The summed E-state index contributed by atoms with van der Waals surface area (Å²) in [6.45, 7) is 1.75. The Bertz CT molecular complexity index is 632. The number of nitriles is 1. The van der Waals surface area contributed by atoms with Crippen LogP contribution in [0.25, 0.3) is 0 Å². The first-order valence-electron chi connectivity index (χ1n) is 5.24. The molecule has 0 radical (unpaired) electrons. The molecule has 18 heavy (non-hydrogen) atoms. The number of para-hydroxylation sites is 1. The molecular formula is C14H9F2NO. The van der Waals surface area contributed by atoms with Crippen LogP contribution in [0.4, 0.5) is 8.78 Å². The normalized spacial score (nSPS) is 9.89. The van der Waals surface area contributed by atoms with Crippen LogP contribution >= 0.6 is 0 Å². The van der Waals surface area contributed by atoms with Crippen molar-refractivity contribution in [3.05, 3.63) is 59.2 Å². The molecule has 0 aliphatic rings. The van der Waals surface area contributed by atoms with Crippen molar-refractivity contribution in [2.45, 2.75) is 6.92 Å². The third-order valence-electron chi connectivity index (χ3n) is 2.44. The fourth-order valence-corrected chi connectivity index (χ4v) is 1.54. The summed E-state index contributed by atoms with van der Waals surface area (Å²) in [6, 6.07) is 10.0. The van der Waals surface area contributed by atoms with Crippen LogP contribution in [0.5, 0.6) is 11.5 Å². The second-order valence-corrected chi connectivity index (χ2v) is 3.74. The molecule has 4 heteroatoms. The van der Waals surface area contributed by atoms with Gasteiger partial charge in [0, 0.05) is 6.07 Å². The number of hydrogen-bond acceptors (Lipinski definition) is 2. The monoisotopic (exact) mass is 245 g/mol. The van der Waals surface area contributed by atoms with E-state index in [4.69, 9.17) is 10.00 Å². The van der Waals surface area contributed by atoms with Crippen molar-refractivity contribution >= 4 is 0 Å².